The van der Waals surface area contributed by atoms with Crippen molar-refractivity contribution in [2.45, 2.75) is 17.7 Å². The van der Waals surface area contributed by atoms with Crippen LogP contribution in [0.2, 0.25) is 0 Å². The zero-order valence-electron chi connectivity index (χ0n) is 12.0. The van der Waals surface area contributed by atoms with E-state index in [1.807, 2.05) is 0 Å². The molecule has 24 heavy (non-hydrogen) atoms. The third-order valence-electron chi connectivity index (χ3n) is 3.42. The number of anilines is 1. The summed E-state index contributed by atoms with van der Waals surface area (Å²) < 4.78 is 68.7. The Bertz CT molecular complexity index is 944. The van der Waals surface area contributed by atoms with Crippen molar-refractivity contribution in [2.24, 2.45) is 0 Å². The van der Waals surface area contributed by atoms with E-state index in [1.165, 1.54) is 18.2 Å². The molecule has 2 aromatic carbocycles. The predicted octanol–water partition coefficient (Wildman–Crippen LogP) is 2.76. The van der Waals surface area contributed by atoms with Crippen LogP contribution in [0, 0.1) is 17.5 Å². The zero-order valence-corrected chi connectivity index (χ0v) is 12.8. The van der Waals surface area contributed by atoms with Gasteiger partial charge in [0.15, 0.2) is 11.6 Å². The van der Waals surface area contributed by atoms with Gasteiger partial charge in [-0.1, -0.05) is 0 Å². The van der Waals surface area contributed by atoms with Crippen LogP contribution in [0.15, 0.2) is 35.2 Å². The number of carbonyl (C=O) groups excluding carboxylic acids is 1. The van der Waals surface area contributed by atoms with Crippen LogP contribution in [0.5, 0.6) is 5.75 Å². The maximum atomic E-state index is 13.6. The number of amides is 1. The highest BCUT2D eigenvalue weighted by Gasteiger charge is 2.25. The van der Waals surface area contributed by atoms with Gasteiger partial charge in [-0.3, -0.25) is 4.79 Å². The number of hydrogen-bond donors (Lipinski definition) is 1. The SMILES string of the molecule is O=C1CCc2cc(OS(=O)(=O)c3cc(F)c(F)cc3F)ccc2N1. The molecule has 1 aliphatic heterocycles. The van der Waals surface area contributed by atoms with Crippen LogP contribution in [0.3, 0.4) is 0 Å². The van der Waals surface area contributed by atoms with Gasteiger partial charge in [0.25, 0.3) is 0 Å². The average molecular weight is 357 g/mol. The number of benzene rings is 2. The van der Waals surface area contributed by atoms with Crippen molar-refractivity contribution in [1.82, 2.24) is 0 Å². The summed E-state index contributed by atoms with van der Waals surface area (Å²) in [7, 11) is -4.69. The van der Waals surface area contributed by atoms with E-state index >= 15 is 0 Å². The second-order valence-electron chi connectivity index (χ2n) is 5.10. The van der Waals surface area contributed by atoms with Gasteiger partial charge in [0.1, 0.15) is 16.5 Å². The quantitative estimate of drug-likeness (QED) is 0.677. The molecule has 0 radical (unpaired) electrons. The minimum absolute atomic E-state index is 0.131. The number of nitrogens with one attached hydrogen (secondary N) is 1. The van der Waals surface area contributed by atoms with Gasteiger partial charge in [-0.05, 0) is 30.2 Å². The second kappa shape index (κ2) is 5.82. The van der Waals surface area contributed by atoms with Crippen molar-refractivity contribution in [1.29, 1.82) is 0 Å². The third-order valence-corrected chi connectivity index (χ3v) is 4.69. The number of hydrogen-bond acceptors (Lipinski definition) is 4. The van der Waals surface area contributed by atoms with E-state index in [0.717, 1.165) is 0 Å². The molecule has 0 unspecified atom stereocenters. The number of rotatable bonds is 3. The lowest BCUT2D eigenvalue weighted by Crippen LogP contribution is -2.19. The second-order valence-corrected chi connectivity index (χ2v) is 6.62. The van der Waals surface area contributed by atoms with E-state index in [4.69, 9.17) is 4.18 Å². The van der Waals surface area contributed by atoms with E-state index in [0.29, 0.717) is 17.7 Å². The molecular weight excluding hydrogens is 347 g/mol. The first-order valence-corrected chi connectivity index (χ1v) is 8.19. The van der Waals surface area contributed by atoms with Crippen LogP contribution in [-0.2, 0) is 21.3 Å². The molecular formula is C15H10F3NO4S. The Morgan fingerprint density at radius 3 is 2.42 bits per heavy atom. The molecule has 1 aliphatic rings. The fourth-order valence-corrected chi connectivity index (χ4v) is 3.27. The van der Waals surface area contributed by atoms with Crippen molar-refractivity contribution in [3.05, 3.63) is 53.3 Å². The van der Waals surface area contributed by atoms with Gasteiger partial charge in [0.2, 0.25) is 5.91 Å². The highest BCUT2D eigenvalue weighted by atomic mass is 32.2. The summed E-state index contributed by atoms with van der Waals surface area (Å²) >= 11 is 0. The maximum absolute atomic E-state index is 13.6. The van der Waals surface area contributed by atoms with Gasteiger partial charge >= 0.3 is 10.1 Å². The van der Waals surface area contributed by atoms with Gasteiger partial charge in [-0.2, -0.15) is 8.42 Å². The lowest BCUT2D eigenvalue weighted by Gasteiger charge is -2.17. The molecule has 2 aromatic rings. The van der Waals surface area contributed by atoms with E-state index in [9.17, 15) is 26.4 Å². The van der Waals surface area contributed by atoms with E-state index in [-0.39, 0.29) is 30.2 Å². The minimum atomic E-state index is -4.69. The Hall–Kier alpha value is -2.55. The van der Waals surface area contributed by atoms with Crippen molar-refractivity contribution in [3.63, 3.8) is 0 Å². The van der Waals surface area contributed by atoms with E-state index < -0.39 is 32.5 Å². The highest BCUT2D eigenvalue weighted by Crippen LogP contribution is 2.29. The van der Waals surface area contributed by atoms with Crippen LogP contribution in [0.4, 0.5) is 18.9 Å². The molecule has 3 rings (SSSR count). The Kier molecular flexibility index (Phi) is 3.96. The van der Waals surface area contributed by atoms with Crippen LogP contribution in [0.25, 0.3) is 0 Å². The van der Waals surface area contributed by atoms with Gasteiger partial charge < -0.3 is 9.50 Å². The summed E-state index contributed by atoms with van der Waals surface area (Å²) in [6, 6.07) is 4.44. The van der Waals surface area contributed by atoms with Gasteiger partial charge in [-0.25, -0.2) is 13.2 Å². The molecule has 9 heteroatoms. The van der Waals surface area contributed by atoms with Crippen molar-refractivity contribution >= 4 is 21.7 Å². The Balaban J connectivity index is 1.93. The van der Waals surface area contributed by atoms with Gasteiger partial charge in [0, 0.05) is 24.2 Å². The van der Waals surface area contributed by atoms with Crippen molar-refractivity contribution < 1.29 is 30.6 Å². The molecule has 0 fully saturated rings. The van der Waals surface area contributed by atoms with Crippen molar-refractivity contribution in [2.75, 3.05) is 5.32 Å². The monoisotopic (exact) mass is 357 g/mol. The highest BCUT2D eigenvalue weighted by molar-refractivity contribution is 7.87. The largest absolute Gasteiger partial charge is 0.379 e. The summed E-state index contributed by atoms with van der Waals surface area (Å²) in [5, 5.41) is 2.61. The first-order valence-electron chi connectivity index (χ1n) is 6.78. The fourth-order valence-electron chi connectivity index (χ4n) is 2.28. The number of fused-ring (bicyclic) bond motifs is 1. The smallest absolute Gasteiger partial charge is 0.342 e. The summed E-state index contributed by atoms with van der Waals surface area (Å²) in [6.45, 7) is 0. The molecule has 0 aromatic heterocycles. The predicted molar refractivity (Wildman–Crippen MR) is 77.5 cm³/mol. The Labute approximate surface area is 135 Å². The summed E-state index contributed by atoms with van der Waals surface area (Å²) in [5.74, 6) is -4.76. The first-order chi connectivity index (χ1) is 11.3. The average Bonchev–Trinajstić information content (AvgIpc) is 2.50. The standard InChI is InChI=1S/C15H10F3NO4S/c16-10-6-12(18)14(7-11(10)17)24(21,22)23-9-2-3-13-8(5-9)1-4-15(20)19-13/h2-3,5-7H,1,4H2,(H,19,20). The molecule has 0 atom stereocenters. The van der Waals surface area contributed by atoms with E-state index in [1.54, 1.807) is 0 Å². The van der Waals surface area contributed by atoms with Crippen LogP contribution < -0.4 is 9.50 Å². The molecule has 0 saturated carbocycles. The van der Waals surface area contributed by atoms with Crippen LogP contribution in [0.1, 0.15) is 12.0 Å². The Morgan fingerprint density at radius 2 is 1.67 bits per heavy atom. The lowest BCUT2D eigenvalue weighted by atomic mass is 10.0. The van der Waals surface area contributed by atoms with E-state index in [2.05, 4.69) is 5.32 Å². The normalized spacial score (nSPS) is 14.0. The number of carbonyl (C=O) groups is 1. The molecule has 1 N–H and O–H groups in total. The molecule has 0 spiro atoms. The topological polar surface area (TPSA) is 72.5 Å². The number of aryl methyl sites for hydroxylation is 1. The molecule has 1 heterocycles. The van der Waals surface area contributed by atoms with Crippen molar-refractivity contribution in [3.8, 4) is 5.75 Å². The van der Waals surface area contributed by atoms with Gasteiger partial charge in [0.05, 0.1) is 0 Å². The Morgan fingerprint density at radius 1 is 0.958 bits per heavy atom. The molecule has 0 bridgehead atoms. The summed E-state index contributed by atoms with van der Waals surface area (Å²) in [4.78, 5) is 10.2. The van der Waals surface area contributed by atoms with Crippen LogP contribution >= 0.6 is 0 Å². The van der Waals surface area contributed by atoms with Gasteiger partial charge in [-0.15, -0.1) is 0 Å². The summed E-state index contributed by atoms with van der Waals surface area (Å²) in [5.41, 5.74) is 1.17. The molecule has 1 amide bonds. The van der Waals surface area contributed by atoms with Crippen LogP contribution in [-0.4, -0.2) is 14.3 Å². The molecule has 0 saturated heterocycles. The lowest BCUT2D eigenvalue weighted by molar-refractivity contribution is -0.116. The summed E-state index contributed by atoms with van der Waals surface area (Å²) in [6.07, 6.45) is 0.624. The minimum Gasteiger partial charge on any atom is -0.379 e. The maximum Gasteiger partial charge on any atom is 0.342 e. The third kappa shape index (κ3) is 3.07. The molecule has 5 nitrogen and oxygen atoms in total. The molecule has 126 valence electrons. The first kappa shape index (κ1) is 16.3. The molecule has 0 aliphatic carbocycles. The number of halogens is 3. The zero-order chi connectivity index (χ0) is 17.5. The fraction of sp³-hybridized carbons (Fsp3) is 0.133.